The average Bonchev–Trinajstić information content (AvgIpc) is 2.68. The van der Waals surface area contributed by atoms with Gasteiger partial charge in [0.15, 0.2) is 5.82 Å². The average molecular weight is 391 g/mol. The Morgan fingerprint density at radius 1 is 1.04 bits per heavy atom. The van der Waals surface area contributed by atoms with Gasteiger partial charge in [0.05, 0.1) is 10.4 Å². The summed E-state index contributed by atoms with van der Waals surface area (Å²) in [6.07, 6.45) is 11.5. The van der Waals surface area contributed by atoms with Gasteiger partial charge in [-0.15, -0.1) is 0 Å². The maximum atomic E-state index is 14.8. The molecule has 0 bridgehead atoms. The lowest BCUT2D eigenvalue weighted by molar-refractivity contribution is 0.113. The Morgan fingerprint density at radius 3 is 2.63 bits per heavy atom. The van der Waals surface area contributed by atoms with E-state index in [-0.39, 0.29) is 10.4 Å². The van der Waals surface area contributed by atoms with Crippen molar-refractivity contribution in [1.82, 2.24) is 0 Å². The molecule has 4 rings (SSSR count). The Morgan fingerprint density at radius 2 is 1.81 bits per heavy atom. The highest BCUT2D eigenvalue weighted by atomic mass is 35.5. The second kappa shape index (κ2) is 8.07. The zero-order valence-corrected chi connectivity index (χ0v) is 16.9. The lowest BCUT2D eigenvalue weighted by Crippen LogP contribution is -2.30. The van der Waals surface area contributed by atoms with E-state index in [9.17, 15) is 8.78 Å². The van der Waals surface area contributed by atoms with Gasteiger partial charge in [0.2, 0.25) is 0 Å². The van der Waals surface area contributed by atoms with Gasteiger partial charge in [-0.3, -0.25) is 0 Å². The Balaban J connectivity index is 1.54. The van der Waals surface area contributed by atoms with Crippen molar-refractivity contribution in [1.29, 1.82) is 0 Å². The maximum absolute atomic E-state index is 14.8. The molecule has 0 radical (unpaired) electrons. The van der Waals surface area contributed by atoms with Crippen LogP contribution in [0, 0.1) is 29.4 Å². The third-order valence-corrected chi connectivity index (χ3v) is 7.53. The van der Waals surface area contributed by atoms with E-state index in [1.54, 1.807) is 12.1 Å². The Labute approximate surface area is 166 Å². The van der Waals surface area contributed by atoms with Crippen molar-refractivity contribution in [3.8, 4) is 0 Å². The quantitative estimate of drug-likeness (QED) is 0.492. The van der Waals surface area contributed by atoms with E-state index in [0.717, 1.165) is 36.2 Å². The van der Waals surface area contributed by atoms with Crippen LogP contribution >= 0.6 is 11.6 Å². The highest BCUT2D eigenvalue weighted by molar-refractivity contribution is 6.32. The minimum atomic E-state index is -0.590. The maximum Gasteiger partial charge on any atom is 0.152 e. The number of hydrogen-bond acceptors (Lipinski definition) is 0. The number of unbranched alkanes of at least 4 members (excludes halogenated alkanes) is 1. The molecule has 0 amide bonds. The van der Waals surface area contributed by atoms with Crippen molar-refractivity contribution < 1.29 is 8.78 Å². The molecule has 0 aromatic heterocycles. The second-order valence-electron chi connectivity index (χ2n) is 8.78. The summed E-state index contributed by atoms with van der Waals surface area (Å²) in [5.74, 6) is 1.66. The van der Waals surface area contributed by atoms with E-state index >= 15 is 0 Å². The summed E-state index contributed by atoms with van der Waals surface area (Å²) in [6.45, 7) is 2.27. The summed E-state index contributed by atoms with van der Waals surface area (Å²) in [5, 5.41) is 0.779. The van der Waals surface area contributed by atoms with Crippen LogP contribution in [0.4, 0.5) is 8.78 Å². The molecule has 2 aliphatic carbocycles. The molecule has 2 aromatic rings. The fraction of sp³-hybridized carbons (Fsp3) is 0.583. The van der Waals surface area contributed by atoms with E-state index in [1.807, 2.05) is 6.07 Å². The molecule has 4 atom stereocenters. The Kier molecular flexibility index (Phi) is 5.73. The molecular weight excluding hydrogens is 362 g/mol. The van der Waals surface area contributed by atoms with Crippen molar-refractivity contribution in [2.45, 2.75) is 70.6 Å². The molecule has 0 nitrogen and oxygen atoms in total. The van der Waals surface area contributed by atoms with Gasteiger partial charge in [-0.25, -0.2) is 8.78 Å². The first-order chi connectivity index (χ1) is 13.1. The topological polar surface area (TPSA) is 0 Å². The van der Waals surface area contributed by atoms with Crippen molar-refractivity contribution in [2.24, 2.45) is 17.8 Å². The molecule has 2 saturated carbocycles. The van der Waals surface area contributed by atoms with Gasteiger partial charge in [0.25, 0.3) is 0 Å². The van der Waals surface area contributed by atoms with E-state index in [0.29, 0.717) is 11.3 Å². The van der Waals surface area contributed by atoms with E-state index in [4.69, 9.17) is 11.6 Å². The van der Waals surface area contributed by atoms with Gasteiger partial charge in [-0.2, -0.15) is 0 Å². The molecule has 3 heteroatoms. The summed E-state index contributed by atoms with van der Waals surface area (Å²) >= 11 is 6.39. The number of halogens is 3. The molecule has 146 valence electrons. The standard InChI is InChI=1S/C24H29ClF2/c1-2-3-5-15-8-9-17-13-18(11-10-16(17)12-15)20-14-19-6-4-7-21(26)22(19)24(27)23(20)25/h4,6-7,14-18H,2-3,5,8-13H2,1H3/t15-,16?,17-,18?/m1/s1. The molecule has 0 heterocycles. The zero-order valence-electron chi connectivity index (χ0n) is 16.1. The number of fused-ring (bicyclic) bond motifs is 2. The zero-order chi connectivity index (χ0) is 19.0. The van der Waals surface area contributed by atoms with Crippen LogP contribution in [-0.2, 0) is 0 Å². The second-order valence-corrected chi connectivity index (χ2v) is 9.16. The molecule has 2 aliphatic rings. The van der Waals surface area contributed by atoms with Crippen LogP contribution in [0.5, 0.6) is 0 Å². The van der Waals surface area contributed by atoms with Gasteiger partial charge in [-0.05, 0) is 78.9 Å². The summed E-state index contributed by atoms with van der Waals surface area (Å²) in [5.41, 5.74) is 0.888. The molecule has 0 aliphatic heterocycles. The van der Waals surface area contributed by atoms with Crippen LogP contribution in [-0.4, -0.2) is 0 Å². The molecule has 2 aromatic carbocycles. The SMILES string of the molecule is CCCC[C@@H]1CC[C@@H]2CC(c3cc4cccc(F)c4c(F)c3Cl)CCC2C1. The van der Waals surface area contributed by atoms with Crippen LogP contribution in [0.15, 0.2) is 24.3 Å². The molecule has 2 unspecified atom stereocenters. The van der Waals surface area contributed by atoms with Gasteiger partial charge in [0, 0.05) is 0 Å². The molecular formula is C24H29ClF2. The third-order valence-electron chi connectivity index (χ3n) is 7.15. The molecule has 27 heavy (non-hydrogen) atoms. The summed E-state index contributed by atoms with van der Waals surface area (Å²) in [6, 6.07) is 6.65. The third kappa shape index (κ3) is 3.75. The fourth-order valence-electron chi connectivity index (χ4n) is 5.68. The van der Waals surface area contributed by atoms with Crippen LogP contribution in [0.2, 0.25) is 5.02 Å². The molecule has 0 N–H and O–H groups in total. The van der Waals surface area contributed by atoms with Gasteiger partial charge < -0.3 is 0 Å². The highest BCUT2D eigenvalue weighted by Crippen LogP contribution is 2.50. The number of rotatable bonds is 4. The summed E-state index contributed by atoms with van der Waals surface area (Å²) in [7, 11) is 0. The van der Waals surface area contributed by atoms with Crippen LogP contribution in [0.1, 0.15) is 76.2 Å². The van der Waals surface area contributed by atoms with Crippen LogP contribution in [0.25, 0.3) is 10.8 Å². The number of benzene rings is 2. The van der Waals surface area contributed by atoms with Crippen LogP contribution in [0.3, 0.4) is 0 Å². The molecule has 0 spiro atoms. The Hall–Kier alpha value is -1.15. The van der Waals surface area contributed by atoms with Crippen molar-refractivity contribution in [3.05, 3.63) is 46.5 Å². The summed E-state index contributed by atoms with van der Waals surface area (Å²) in [4.78, 5) is 0. The molecule has 2 fully saturated rings. The van der Waals surface area contributed by atoms with E-state index in [2.05, 4.69) is 6.92 Å². The van der Waals surface area contributed by atoms with Gasteiger partial charge in [0.1, 0.15) is 5.82 Å². The predicted molar refractivity (Wildman–Crippen MR) is 109 cm³/mol. The van der Waals surface area contributed by atoms with Gasteiger partial charge >= 0.3 is 0 Å². The predicted octanol–water partition coefficient (Wildman–Crippen LogP) is 8.26. The molecule has 0 saturated heterocycles. The normalized spacial score (nSPS) is 28.3. The van der Waals surface area contributed by atoms with Crippen molar-refractivity contribution in [2.75, 3.05) is 0 Å². The fourth-order valence-corrected chi connectivity index (χ4v) is 5.98. The largest absolute Gasteiger partial charge is 0.206 e. The monoisotopic (exact) mass is 390 g/mol. The van der Waals surface area contributed by atoms with Crippen LogP contribution < -0.4 is 0 Å². The van der Waals surface area contributed by atoms with Crippen molar-refractivity contribution >= 4 is 22.4 Å². The first-order valence-electron chi connectivity index (χ1n) is 10.6. The van der Waals surface area contributed by atoms with E-state index in [1.165, 1.54) is 51.0 Å². The lowest BCUT2D eigenvalue weighted by atomic mass is 9.63. The minimum Gasteiger partial charge on any atom is -0.206 e. The smallest absolute Gasteiger partial charge is 0.152 e. The summed E-state index contributed by atoms with van der Waals surface area (Å²) < 4.78 is 28.9. The highest BCUT2D eigenvalue weighted by Gasteiger charge is 2.36. The first kappa shape index (κ1) is 19.2. The first-order valence-corrected chi connectivity index (χ1v) is 11.0. The Bertz CT molecular complexity index is 816. The van der Waals surface area contributed by atoms with Crippen molar-refractivity contribution in [3.63, 3.8) is 0 Å². The lowest BCUT2D eigenvalue weighted by Gasteiger charge is -2.42. The minimum absolute atomic E-state index is 0.0244. The number of hydrogen-bond donors (Lipinski definition) is 0. The van der Waals surface area contributed by atoms with E-state index < -0.39 is 11.6 Å². The van der Waals surface area contributed by atoms with Gasteiger partial charge in [-0.1, -0.05) is 56.3 Å².